The van der Waals surface area contributed by atoms with Gasteiger partial charge in [0.15, 0.2) is 6.29 Å². The van der Waals surface area contributed by atoms with Gasteiger partial charge in [-0.05, 0) is 19.1 Å². The molecule has 0 saturated heterocycles. The summed E-state index contributed by atoms with van der Waals surface area (Å²) in [6.07, 6.45) is 4.08. The first-order valence-corrected chi connectivity index (χ1v) is 4.84. The number of nitrogens with two attached hydrogens (primary N) is 1. The molecule has 2 rings (SSSR count). The summed E-state index contributed by atoms with van der Waals surface area (Å²) in [5.74, 6) is 0.249. The van der Waals surface area contributed by atoms with Crippen molar-refractivity contribution in [2.45, 2.75) is 6.92 Å². The number of anilines is 1. The first-order chi connectivity index (χ1) is 7.70. The molecule has 0 spiro atoms. The third-order valence-electron chi connectivity index (χ3n) is 2.32. The lowest BCUT2D eigenvalue weighted by Crippen LogP contribution is -1.97. The zero-order valence-electron chi connectivity index (χ0n) is 8.84. The highest BCUT2D eigenvalue weighted by molar-refractivity contribution is 5.84. The molecule has 2 aromatic heterocycles. The molecular formula is C12H11N3O. The predicted molar refractivity (Wildman–Crippen MR) is 62.0 cm³/mol. The number of aromatic nitrogens is 2. The van der Waals surface area contributed by atoms with Crippen molar-refractivity contribution in [1.82, 2.24) is 9.97 Å². The van der Waals surface area contributed by atoms with E-state index in [1.807, 2.05) is 19.1 Å². The summed E-state index contributed by atoms with van der Waals surface area (Å²) in [5, 5.41) is 0. The van der Waals surface area contributed by atoms with Crippen molar-refractivity contribution < 1.29 is 4.79 Å². The average Bonchev–Trinajstić information content (AvgIpc) is 2.31. The van der Waals surface area contributed by atoms with Crippen LogP contribution in [0, 0.1) is 6.92 Å². The van der Waals surface area contributed by atoms with Gasteiger partial charge in [0.1, 0.15) is 5.82 Å². The van der Waals surface area contributed by atoms with Crippen LogP contribution in [0.1, 0.15) is 16.1 Å². The molecule has 0 fully saturated rings. The Bertz CT molecular complexity index is 520. The van der Waals surface area contributed by atoms with Crippen LogP contribution < -0.4 is 5.73 Å². The molecule has 16 heavy (non-hydrogen) atoms. The number of hydrogen-bond donors (Lipinski definition) is 1. The summed E-state index contributed by atoms with van der Waals surface area (Å²) in [4.78, 5) is 18.9. The third kappa shape index (κ3) is 1.91. The van der Waals surface area contributed by atoms with Gasteiger partial charge in [0.05, 0.1) is 5.56 Å². The fourth-order valence-electron chi connectivity index (χ4n) is 1.38. The highest BCUT2D eigenvalue weighted by atomic mass is 16.1. The lowest BCUT2D eigenvalue weighted by atomic mass is 10.1. The molecule has 0 radical (unpaired) electrons. The van der Waals surface area contributed by atoms with Crippen molar-refractivity contribution in [1.29, 1.82) is 0 Å². The minimum atomic E-state index is 0.249. The number of aldehydes is 1. The number of aryl methyl sites for hydroxylation is 1. The highest BCUT2D eigenvalue weighted by Crippen LogP contribution is 2.20. The highest BCUT2D eigenvalue weighted by Gasteiger charge is 2.03. The maximum absolute atomic E-state index is 10.7. The van der Waals surface area contributed by atoms with Gasteiger partial charge in [-0.2, -0.15) is 0 Å². The summed E-state index contributed by atoms with van der Waals surface area (Å²) in [6.45, 7) is 1.92. The van der Waals surface area contributed by atoms with E-state index in [2.05, 4.69) is 9.97 Å². The predicted octanol–water partition coefficient (Wildman–Crippen LogP) is 1.85. The largest absolute Gasteiger partial charge is 0.383 e. The van der Waals surface area contributed by atoms with E-state index in [0.29, 0.717) is 11.8 Å². The molecular weight excluding hydrogens is 202 g/mol. The van der Waals surface area contributed by atoms with Gasteiger partial charge in [-0.1, -0.05) is 6.07 Å². The van der Waals surface area contributed by atoms with Crippen molar-refractivity contribution in [3.05, 3.63) is 41.9 Å². The van der Waals surface area contributed by atoms with Crippen LogP contribution in [0.25, 0.3) is 11.1 Å². The molecule has 0 bridgehead atoms. The van der Waals surface area contributed by atoms with Gasteiger partial charge in [-0.25, -0.2) is 4.98 Å². The molecule has 0 aromatic carbocycles. The van der Waals surface area contributed by atoms with E-state index in [9.17, 15) is 4.79 Å². The topological polar surface area (TPSA) is 68.9 Å². The van der Waals surface area contributed by atoms with E-state index in [0.717, 1.165) is 16.8 Å². The summed E-state index contributed by atoms with van der Waals surface area (Å²) < 4.78 is 0. The quantitative estimate of drug-likeness (QED) is 0.773. The van der Waals surface area contributed by atoms with Crippen molar-refractivity contribution in [3.63, 3.8) is 0 Å². The molecule has 2 heterocycles. The van der Waals surface area contributed by atoms with E-state index in [1.165, 1.54) is 0 Å². The number of nitrogen functional groups attached to an aromatic ring is 1. The molecule has 0 saturated carbocycles. The second kappa shape index (κ2) is 4.10. The van der Waals surface area contributed by atoms with Crippen LogP contribution in [0.4, 0.5) is 5.82 Å². The Hall–Kier alpha value is -2.23. The Morgan fingerprint density at radius 2 is 1.94 bits per heavy atom. The van der Waals surface area contributed by atoms with Crippen LogP contribution in [0.2, 0.25) is 0 Å². The number of pyridine rings is 2. The molecule has 0 atom stereocenters. The van der Waals surface area contributed by atoms with Crippen LogP contribution >= 0.6 is 0 Å². The van der Waals surface area contributed by atoms with E-state index >= 15 is 0 Å². The summed E-state index contributed by atoms with van der Waals surface area (Å²) >= 11 is 0. The maximum atomic E-state index is 10.7. The van der Waals surface area contributed by atoms with E-state index in [1.54, 1.807) is 18.5 Å². The van der Waals surface area contributed by atoms with Crippen molar-refractivity contribution in [2.75, 3.05) is 5.73 Å². The first kappa shape index (κ1) is 10.3. The molecule has 0 aliphatic rings. The number of hydrogen-bond acceptors (Lipinski definition) is 4. The van der Waals surface area contributed by atoms with Gasteiger partial charge in [0.25, 0.3) is 0 Å². The fraction of sp³-hybridized carbons (Fsp3) is 0.0833. The van der Waals surface area contributed by atoms with Gasteiger partial charge in [0, 0.05) is 29.2 Å². The van der Waals surface area contributed by atoms with Gasteiger partial charge in [0.2, 0.25) is 0 Å². The average molecular weight is 213 g/mol. The van der Waals surface area contributed by atoms with Crippen molar-refractivity contribution >= 4 is 12.1 Å². The second-order valence-corrected chi connectivity index (χ2v) is 3.50. The molecule has 0 unspecified atom stereocenters. The van der Waals surface area contributed by atoms with Crippen LogP contribution in [-0.4, -0.2) is 16.3 Å². The SMILES string of the molecule is Cc1ccc(-c2cnc(N)c(C=O)c2)cn1. The van der Waals surface area contributed by atoms with E-state index in [4.69, 9.17) is 5.73 Å². The number of carbonyl (C=O) groups is 1. The fourth-order valence-corrected chi connectivity index (χ4v) is 1.38. The van der Waals surface area contributed by atoms with Gasteiger partial charge in [-0.3, -0.25) is 9.78 Å². The summed E-state index contributed by atoms with van der Waals surface area (Å²) in [7, 11) is 0. The summed E-state index contributed by atoms with van der Waals surface area (Å²) in [5.41, 5.74) is 8.65. The summed E-state index contributed by atoms with van der Waals surface area (Å²) in [6, 6.07) is 5.55. The molecule has 80 valence electrons. The third-order valence-corrected chi connectivity index (χ3v) is 2.32. The van der Waals surface area contributed by atoms with Crippen molar-refractivity contribution in [2.24, 2.45) is 0 Å². The number of rotatable bonds is 2. The van der Waals surface area contributed by atoms with Gasteiger partial charge < -0.3 is 5.73 Å². The minimum absolute atomic E-state index is 0.249. The molecule has 2 N–H and O–H groups in total. The van der Waals surface area contributed by atoms with Crippen LogP contribution in [0.5, 0.6) is 0 Å². The van der Waals surface area contributed by atoms with Crippen LogP contribution in [0.3, 0.4) is 0 Å². The normalized spacial score (nSPS) is 10.1. The van der Waals surface area contributed by atoms with Crippen molar-refractivity contribution in [3.8, 4) is 11.1 Å². The number of carbonyl (C=O) groups excluding carboxylic acids is 1. The Morgan fingerprint density at radius 1 is 1.19 bits per heavy atom. The van der Waals surface area contributed by atoms with E-state index in [-0.39, 0.29) is 5.82 Å². The van der Waals surface area contributed by atoms with Crippen LogP contribution in [-0.2, 0) is 0 Å². The standard InChI is InChI=1S/C12H11N3O/c1-8-2-3-9(5-14-8)10-4-11(7-16)12(13)15-6-10/h2-7H,1H3,(H2,13,15). The Labute approximate surface area is 93.2 Å². The molecule has 0 aliphatic heterocycles. The second-order valence-electron chi connectivity index (χ2n) is 3.50. The zero-order valence-corrected chi connectivity index (χ0v) is 8.84. The number of nitrogens with zero attached hydrogens (tertiary/aromatic N) is 2. The van der Waals surface area contributed by atoms with E-state index < -0.39 is 0 Å². The lowest BCUT2D eigenvalue weighted by molar-refractivity contribution is 0.112. The smallest absolute Gasteiger partial charge is 0.153 e. The molecule has 0 aliphatic carbocycles. The minimum Gasteiger partial charge on any atom is -0.383 e. The Balaban J connectivity index is 2.48. The van der Waals surface area contributed by atoms with Gasteiger partial charge in [-0.15, -0.1) is 0 Å². The lowest BCUT2D eigenvalue weighted by Gasteiger charge is -2.03. The van der Waals surface area contributed by atoms with Gasteiger partial charge >= 0.3 is 0 Å². The monoisotopic (exact) mass is 213 g/mol. The Kier molecular flexibility index (Phi) is 2.64. The Morgan fingerprint density at radius 3 is 2.56 bits per heavy atom. The molecule has 2 aromatic rings. The first-order valence-electron chi connectivity index (χ1n) is 4.84. The molecule has 4 heteroatoms. The maximum Gasteiger partial charge on any atom is 0.153 e. The van der Waals surface area contributed by atoms with Crippen LogP contribution in [0.15, 0.2) is 30.6 Å². The zero-order chi connectivity index (χ0) is 11.5. The molecule has 4 nitrogen and oxygen atoms in total. The molecule has 0 amide bonds.